The molecule has 0 fully saturated rings. The molecule has 0 amide bonds. The predicted molar refractivity (Wildman–Crippen MR) is 61.1 cm³/mol. The summed E-state index contributed by atoms with van der Waals surface area (Å²) < 4.78 is 1.93. The normalized spacial score (nSPS) is 22.9. The highest BCUT2D eigenvalue weighted by molar-refractivity contribution is 5.08. The summed E-state index contributed by atoms with van der Waals surface area (Å²) in [5, 5.41) is 0. The summed E-state index contributed by atoms with van der Waals surface area (Å²) in [6, 6.07) is 5.58. The molecule has 0 N–H and O–H groups in total. The van der Waals surface area contributed by atoms with Crippen molar-refractivity contribution in [2.45, 2.75) is 19.9 Å². The van der Waals surface area contributed by atoms with Crippen LogP contribution in [0.2, 0.25) is 0 Å². The van der Waals surface area contributed by atoms with E-state index in [1.807, 2.05) is 10.6 Å². The second-order valence-corrected chi connectivity index (χ2v) is 4.58. The van der Waals surface area contributed by atoms with E-state index in [1.54, 1.807) is 6.07 Å². The summed E-state index contributed by atoms with van der Waals surface area (Å²) in [6.07, 6.45) is 0.972. The van der Waals surface area contributed by atoms with E-state index in [-0.39, 0.29) is 5.56 Å². The van der Waals surface area contributed by atoms with E-state index < -0.39 is 0 Å². The molecule has 0 aliphatic carbocycles. The Balaban J connectivity index is 2.37. The second kappa shape index (κ2) is 4.19. The van der Waals surface area contributed by atoms with Gasteiger partial charge in [0.05, 0.1) is 0 Å². The Morgan fingerprint density at radius 2 is 2.13 bits per heavy atom. The van der Waals surface area contributed by atoms with E-state index in [9.17, 15) is 4.79 Å². The average Bonchev–Trinajstić information content (AvgIpc) is 2.16. The summed E-state index contributed by atoms with van der Waals surface area (Å²) in [7, 11) is 2.15. The van der Waals surface area contributed by atoms with E-state index >= 15 is 0 Å². The maximum absolute atomic E-state index is 11.7. The van der Waals surface area contributed by atoms with Crippen molar-refractivity contribution in [3.63, 3.8) is 0 Å². The largest absolute Gasteiger partial charge is 0.312 e. The fourth-order valence-electron chi connectivity index (χ4n) is 2.29. The molecule has 2 heterocycles. The zero-order valence-electron chi connectivity index (χ0n) is 9.44. The second-order valence-electron chi connectivity index (χ2n) is 4.58. The van der Waals surface area contributed by atoms with E-state index in [4.69, 9.17) is 0 Å². The summed E-state index contributed by atoms with van der Waals surface area (Å²) in [5.74, 6) is 0.536. The average molecular weight is 206 g/mol. The predicted octanol–water partition coefficient (Wildman–Crippen LogP) is 0.972. The quantitative estimate of drug-likeness (QED) is 0.632. The van der Waals surface area contributed by atoms with Gasteiger partial charge in [0.15, 0.2) is 0 Å². The topological polar surface area (TPSA) is 25.2 Å². The van der Waals surface area contributed by atoms with Crippen molar-refractivity contribution >= 4 is 0 Å². The zero-order chi connectivity index (χ0) is 10.8. The Morgan fingerprint density at radius 3 is 2.93 bits per heavy atom. The highest BCUT2D eigenvalue weighted by atomic mass is 16.1. The summed E-state index contributed by atoms with van der Waals surface area (Å²) in [6.45, 7) is 5.15. The van der Waals surface area contributed by atoms with Crippen LogP contribution in [0.1, 0.15) is 12.6 Å². The Bertz CT molecular complexity index is 397. The Morgan fingerprint density at radius 1 is 1.33 bits per heavy atom. The minimum Gasteiger partial charge on any atom is -0.312 e. The van der Waals surface area contributed by atoms with E-state index in [2.05, 4.69) is 24.9 Å². The van der Waals surface area contributed by atoms with Crippen LogP contribution in [-0.4, -0.2) is 29.6 Å². The molecule has 0 bridgehead atoms. The molecule has 15 heavy (non-hydrogen) atoms. The molecule has 0 radical (unpaired) electrons. The smallest absolute Gasteiger partial charge is 0.250 e. The SMILES string of the molecule is CC1CN(C)CCc2cccc(=O)n2C1. The fraction of sp³-hybridized carbons (Fsp3) is 0.583. The molecule has 82 valence electrons. The van der Waals surface area contributed by atoms with Gasteiger partial charge in [0.25, 0.3) is 5.56 Å². The van der Waals surface area contributed by atoms with Gasteiger partial charge in [-0.1, -0.05) is 13.0 Å². The van der Waals surface area contributed by atoms with Crippen LogP contribution in [0.4, 0.5) is 0 Å². The van der Waals surface area contributed by atoms with Gasteiger partial charge in [-0.3, -0.25) is 4.79 Å². The van der Waals surface area contributed by atoms with Crippen molar-refractivity contribution in [3.05, 3.63) is 34.2 Å². The molecule has 1 aliphatic rings. The van der Waals surface area contributed by atoms with Gasteiger partial charge in [-0.2, -0.15) is 0 Å². The number of aromatic nitrogens is 1. The lowest BCUT2D eigenvalue weighted by Crippen LogP contribution is -2.36. The summed E-state index contributed by atoms with van der Waals surface area (Å²) in [5.41, 5.74) is 1.31. The van der Waals surface area contributed by atoms with Crippen molar-refractivity contribution in [1.82, 2.24) is 9.47 Å². The molecule has 0 saturated carbocycles. The number of likely N-dealkylation sites (N-methyl/N-ethyl adjacent to an activating group) is 1. The van der Waals surface area contributed by atoms with Crippen molar-refractivity contribution in [2.24, 2.45) is 5.92 Å². The van der Waals surface area contributed by atoms with Crippen molar-refractivity contribution in [3.8, 4) is 0 Å². The van der Waals surface area contributed by atoms with Gasteiger partial charge in [0.1, 0.15) is 0 Å². The van der Waals surface area contributed by atoms with Crippen LogP contribution in [-0.2, 0) is 13.0 Å². The fourth-order valence-corrected chi connectivity index (χ4v) is 2.29. The molecule has 3 nitrogen and oxygen atoms in total. The van der Waals surface area contributed by atoms with Gasteiger partial charge < -0.3 is 9.47 Å². The third-order valence-electron chi connectivity index (χ3n) is 3.01. The summed E-state index contributed by atoms with van der Waals surface area (Å²) in [4.78, 5) is 14.0. The van der Waals surface area contributed by atoms with E-state index in [1.165, 1.54) is 5.69 Å². The number of fused-ring (bicyclic) bond motifs is 1. The highest BCUT2D eigenvalue weighted by Crippen LogP contribution is 2.09. The van der Waals surface area contributed by atoms with Gasteiger partial charge >= 0.3 is 0 Å². The van der Waals surface area contributed by atoms with Crippen LogP contribution in [0.5, 0.6) is 0 Å². The lowest BCUT2D eigenvalue weighted by molar-refractivity contribution is 0.253. The molecule has 1 aromatic rings. The van der Waals surface area contributed by atoms with Crippen LogP contribution >= 0.6 is 0 Å². The minimum atomic E-state index is 0.143. The Hall–Kier alpha value is -1.09. The Labute approximate surface area is 90.3 Å². The first-order valence-corrected chi connectivity index (χ1v) is 5.54. The van der Waals surface area contributed by atoms with Crippen LogP contribution < -0.4 is 5.56 Å². The lowest BCUT2D eigenvalue weighted by atomic mass is 10.1. The highest BCUT2D eigenvalue weighted by Gasteiger charge is 2.14. The molecule has 1 unspecified atom stereocenters. The number of hydrogen-bond acceptors (Lipinski definition) is 2. The van der Waals surface area contributed by atoms with Gasteiger partial charge in [0.2, 0.25) is 0 Å². The van der Waals surface area contributed by atoms with Crippen molar-refractivity contribution in [1.29, 1.82) is 0 Å². The molecule has 1 atom stereocenters. The lowest BCUT2D eigenvalue weighted by Gasteiger charge is -2.26. The number of pyridine rings is 1. The van der Waals surface area contributed by atoms with Gasteiger partial charge in [-0.05, 0) is 19.0 Å². The van der Waals surface area contributed by atoms with Crippen molar-refractivity contribution < 1.29 is 0 Å². The molecule has 1 aliphatic heterocycles. The molecular weight excluding hydrogens is 188 g/mol. The number of rotatable bonds is 0. The van der Waals surface area contributed by atoms with Crippen LogP contribution in [0.3, 0.4) is 0 Å². The first-order valence-electron chi connectivity index (χ1n) is 5.54. The summed E-state index contributed by atoms with van der Waals surface area (Å²) >= 11 is 0. The first kappa shape index (κ1) is 10.4. The van der Waals surface area contributed by atoms with Crippen LogP contribution in [0.25, 0.3) is 0 Å². The van der Waals surface area contributed by atoms with E-state index in [0.717, 1.165) is 26.1 Å². The first-order chi connectivity index (χ1) is 7.16. The molecule has 3 heteroatoms. The third-order valence-corrected chi connectivity index (χ3v) is 3.01. The number of nitrogens with zero attached hydrogens (tertiary/aromatic N) is 2. The standard InChI is InChI=1S/C12H18N2O/c1-10-8-13(2)7-6-11-4-3-5-12(15)14(11)9-10/h3-5,10H,6-9H2,1-2H3. The zero-order valence-corrected chi connectivity index (χ0v) is 9.44. The molecule has 2 rings (SSSR count). The van der Waals surface area contributed by atoms with E-state index in [0.29, 0.717) is 5.92 Å². The number of hydrogen-bond donors (Lipinski definition) is 0. The maximum Gasteiger partial charge on any atom is 0.250 e. The van der Waals surface area contributed by atoms with Gasteiger partial charge in [-0.15, -0.1) is 0 Å². The van der Waals surface area contributed by atoms with Crippen LogP contribution in [0, 0.1) is 5.92 Å². The minimum absolute atomic E-state index is 0.143. The molecule has 0 spiro atoms. The molecule has 0 saturated heterocycles. The maximum atomic E-state index is 11.7. The molecule has 0 aromatic carbocycles. The monoisotopic (exact) mass is 206 g/mol. The van der Waals surface area contributed by atoms with Crippen LogP contribution in [0.15, 0.2) is 23.0 Å². The van der Waals surface area contributed by atoms with Crippen molar-refractivity contribution in [2.75, 3.05) is 20.1 Å². The third kappa shape index (κ3) is 2.29. The Kier molecular flexibility index (Phi) is 2.91. The van der Waals surface area contributed by atoms with Gasteiger partial charge in [0, 0.05) is 37.8 Å². The molecular formula is C12H18N2O. The van der Waals surface area contributed by atoms with Gasteiger partial charge in [-0.25, -0.2) is 0 Å². The molecule has 1 aromatic heterocycles.